The van der Waals surface area contributed by atoms with E-state index in [4.69, 9.17) is 9.47 Å². The topological polar surface area (TPSA) is 78.6 Å². The Morgan fingerprint density at radius 2 is 1.83 bits per heavy atom. The van der Waals surface area contributed by atoms with Crippen LogP contribution in [0.25, 0.3) is 0 Å². The normalized spacial score (nSPS) is 10.7. The lowest BCUT2D eigenvalue weighted by Crippen LogP contribution is -2.09. The molecule has 0 saturated carbocycles. The van der Waals surface area contributed by atoms with Gasteiger partial charge in [0.05, 0.1) is 18.9 Å². The fraction of sp³-hybridized carbons (Fsp3) is 0.0588. The Morgan fingerprint density at radius 3 is 2.54 bits per heavy atom. The second kappa shape index (κ2) is 7.19. The minimum atomic E-state index is -0.445. The third-order valence-electron chi connectivity index (χ3n) is 3.15. The minimum Gasteiger partial charge on any atom is -0.493 e. The van der Waals surface area contributed by atoms with E-state index >= 15 is 0 Å². The van der Waals surface area contributed by atoms with E-state index in [1.54, 1.807) is 48.7 Å². The van der Waals surface area contributed by atoms with Gasteiger partial charge in [-0.3, -0.25) is 0 Å². The summed E-state index contributed by atoms with van der Waals surface area (Å²) in [6.07, 6.45) is 4.57. The van der Waals surface area contributed by atoms with Crippen molar-refractivity contribution in [3.05, 3.63) is 72.3 Å². The molecule has 7 heteroatoms. The van der Waals surface area contributed by atoms with Gasteiger partial charge < -0.3 is 9.47 Å². The van der Waals surface area contributed by atoms with E-state index in [0.29, 0.717) is 17.1 Å². The molecule has 24 heavy (non-hydrogen) atoms. The lowest BCUT2D eigenvalue weighted by molar-refractivity contribution is 0.0729. The van der Waals surface area contributed by atoms with Crippen molar-refractivity contribution in [1.29, 1.82) is 0 Å². The average Bonchev–Trinajstić information content (AvgIpc) is 3.15. The molecular formula is C17H14N4O3. The van der Waals surface area contributed by atoms with Gasteiger partial charge in [0.25, 0.3) is 0 Å². The van der Waals surface area contributed by atoms with Crippen molar-refractivity contribution in [2.24, 2.45) is 5.10 Å². The van der Waals surface area contributed by atoms with Crippen LogP contribution in [0.5, 0.6) is 11.5 Å². The van der Waals surface area contributed by atoms with E-state index in [2.05, 4.69) is 15.3 Å². The first-order valence-electron chi connectivity index (χ1n) is 7.10. The molecule has 120 valence electrons. The number of esters is 1. The average molecular weight is 322 g/mol. The molecule has 0 saturated heterocycles. The standard InChI is InChI=1S/C17H14N4O3/c1-23-16-9-13(10-20-21-11-18-19-12-21)7-8-15(16)24-17(22)14-5-3-2-4-6-14/h2-12H,1H3/b20-10-. The SMILES string of the molecule is COc1cc(/C=N\n2cnnc2)ccc1OC(=O)c1ccccc1. The van der Waals surface area contributed by atoms with Crippen molar-refractivity contribution in [1.82, 2.24) is 14.9 Å². The highest BCUT2D eigenvalue weighted by atomic mass is 16.6. The molecule has 0 aliphatic heterocycles. The molecule has 0 amide bonds. The molecule has 7 nitrogen and oxygen atoms in total. The highest BCUT2D eigenvalue weighted by molar-refractivity contribution is 5.91. The van der Waals surface area contributed by atoms with Crippen LogP contribution in [0.1, 0.15) is 15.9 Å². The first-order chi connectivity index (χ1) is 11.8. The van der Waals surface area contributed by atoms with Crippen molar-refractivity contribution in [3.8, 4) is 11.5 Å². The second-order valence-corrected chi connectivity index (χ2v) is 4.75. The van der Waals surface area contributed by atoms with Crippen molar-refractivity contribution < 1.29 is 14.3 Å². The summed E-state index contributed by atoms with van der Waals surface area (Å²) in [7, 11) is 1.51. The molecule has 3 aromatic rings. The number of nitrogens with zero attached hydrogens (tertiary/aromatic N) is 4. The molecule has 1 aromatic heterocycles. The van der Waals surface area contributed by atoms with Crippen LogP contribution >= 0.6 is 0 Å². The van der Waals surface area contributed by atoms with E-state index in [0.717, 1.165) is 5.56 Å². The number of benzene rings is 2. The number of rotatable bonds is 5. The minimum absolute atomic E-state index is 0.341. The number of ether oxygens (including phenoxy) is 2. The number of hydrogen-bond acceptors (Lipinski definition) is 6. The van der Waals surface area contributed by atoms with Crippen molar-refractivity contribution in [2.75, 3.05) is 7.11 Å². The molecule has 2 aromatic carbocycles. The van der Waals surface area contributed by atoms with Gasteiger partial charge in [-0.1, -0.05) is 18.2 Å². The van der Waals surface area contributed by atoms with Gasteiger partial charge in [0, 0.05) is 0 Å². The monoisotopic (exact) mass is 322 g/mol. The van der Waals surface area contributed by atoms with Crippen molar-refractivity contribution in [3.63, 3.8) is 0 Å². The fourth-order valence-corrected chi connectivity index (χ4v) is 1.97. The van der Waals surface area contributed by atoms with Gasteiger partial charge in [-0.25, -0.2) is 9.47 Å². The summed E-state index contributed by atoms with van der Waals surface area (Å²) in [4.78, 5) is 12.1. The zero-order chi connectivity index (χ0) is 16.8. The third-order valence-corrected chi connectivity index (χ3v) is 3.15. The molecule has 0 unspecified atom stereocenters. The summed E-state index contributed by atoms with van der Waals surface area (Å²) in [5.74, 6) is 0.333. The fourth-order valence-electron chi connectivity index (χ4n) is 1.97. The molecule has 0 fully saturated rings. The summed E-state index contributed by atoms with van der Waals surface area (Å²) in [6, 6.07) is 13.9. The lowest BCUT2D eigenvalue weighted by atomic mass is 10.2. The molecular weight excluding hydrogens is 308 g/mol. The molecule has 0 atom stereocenters. The zero-order valence-electron chi connectivity index (χ0n) is 12.9. The number of carbonyl (C=O) groups excluding carboxylic acids is 1. The summed E-state index contributed by atoms with van der Waals surface area (Å²) in [6.45, 7) is 0. The van der Waals surface area contributed by atoms with Crippen LogP contribution in [0, 0.1) is 0 Å². The highest BCUT2D eigenvalue weighted by Crippen LogP contribution is 2.28. The van der Waals surface area contributed by atoms with Crippen LogP contribution in [0.3, 0.4) is 0 Å². The van der Waals surface area contributed by atoms with E-state index in [-0.39, 0.29) is 0 Å². The Balaban J connectivity index is 1.78. The van der Waals surface area contributed by atoms with Gasteiger partial charge in [-0.15, -0.1) is 10.2 Å². The first kappa shape index (κ1) is 15.4. The van der Waals surface area contributed by atoms with Gasteiger partial charge in [0.15, 0.2) is 11.5 Å². The largest absolute Gasteiger partial charge is 0.493 e. The number of aromatic nitrogens is 3. The number of hydrogen-bond donors (Lipinski definition) is 0. The Kier molecular flexibility index (Phi) is 4.62. The maximum atomic E-state index is 12.1. The van der Waals surface area contributed by atoms with Gasteiger partial charge in [0.2, 0.25) is 0 Å². The third kappa shape index (κ3) is 3.64. The molecule has 0 aliphatic rings. The molecule has 1 heterocycles. The Hall–Kier alpha value is -3.48. The van der Waals surface area contributed by atoms with Gasteiger partial charge >= 0.3 is 5.97 Å². The van der Waals surface area contributed by atoms with Crippen LogP contribution < -0.4 is 9.47 Å². The van der Waals surface area contributed by atoms with E-state index in [9.17, 15) is 4.79 Å². The number of carbonyl (C=O) groups is 1. The second-order valence-electron chi connectivity index (χ2n) is 4.75. The first-order valence-corrected chi connectivity index (χ1v) is 7.10. The quantitative estimate of drug-likeness (QED) is 0.409. The maximum Gasteiger partial charge on any atom is 0.343 e. The summed E-state index contributed by atoms with van der Waals surface area (Å²) in [5, 5.41) is 11.5. The van der Waals surface area contributed by atoms with Crippen molar-refractivity contribution in [2.45, 2.75) is 0 Å². The number of methoxy groups -OCH3 is 1. The Morgan fingerprint density at radius 1 is 1.08 bits per heavy atom. The Bertz CT molecular complexity index is 846. The summed E-state index contributed by atoms with van der Waals surface area (Å²) in [5.41, 5.74) is 1.25. The van der Waals surface area contributed by atoms with E-state index < -0.39 is 5.97 Å². The van der Waals surface area contributed by atoms with Crippen LogP contribution in [-0.2, 0) is 0 Å². The molecule has 0 radical (unpaired) electrons. The molecule has 0 spiro atoms. The molecule has 0 bridgehead atoms. The van der Waals surface area contributed by atoms with Crippen LogP contribution in [0.15, 0.2) is 66.3 Å². The van der Waals surface area contributed by atoms with E-state index in [1.165, 1.54) is 24.4 Å². The lowest BCUT2D eigenvalue weighted by Gasteiger charge is -2.09. The summed E-state index contributed by atoms with van der Waals surface area (Å²) >= 11 is 0. The van der Waals surface area contributed by atoms with Crippen molar-refractivity contribution >= 4 is 12.2 Å². The summed E-state index contributed by atoms with van der Waals surface area (Å²) < 4.78 is 12.2. The predicted molar refractivity (Wildman–Crippen MR) is 87.4 cm³/mol. The van der Waals surface area contributed by atoms with Gasteiger partial charge in [-0.2, -0.15) is 5.10 Å². The van der Waals surface area contributed by atoms with Gasteiger partial charge in [0.1, 0.15) is 12.7 Å². The predicted octanol–water partition coefficient (Wildman–Crippen LogP) is 2.39. The zero-order valence-corrected chi connectivity index (χ0v) is 12.9. The Labute approximate surface area is 138 Å². The highest BCUT2D eigenvalue weighted by Gasteiger charge is 2.12. The van der Waals surface area contributed by atoms with E-state index in [1.807, 2.05) is 6.07 Å². The maximum absolute atomic E-state index is 12.1. The van der Waals surface area contributed by atoms with Crippen LogP contribution in [0.4, 0.5) is 0 Å². The molecule has 0 aliphatic carbocycles. The van der Waals surface area contributed by atoms with Crippen LogP contribution in [-0.4, -0.2) is 34.2 Å². The molecule has 3 rings (SSSR count). The van der Waals surface area contributed by atoms with Crippen LogP contribution in [0.2, 0.25) is 0 Å². The van der Waals surface area contributed by atoms with Gasteiger partial charge in [-0.05, 0) is 35.9 Å². The smallest absolute Gasteiger partial charge is 0.343 e. The molecule has 0 N–H and O–H groups in total.